The third-order valence-corrected chi connectivity index (χ3v) is 4.77. The molecule has 0 atom stereocenters. The maximum Gasteiger partial charge on any atom is 0.287 e. The fraction of sp³-hybridized carbons (Fsp3) is 0.471. The molecule has 3 heterocycles. The van der Waals surface area contributed by atoms with Gasteiger partial charge in [-0.25, -0.2) is 10.0 Å². The van der Waals surface area contributed by atoms with Gasteiger partial charge in [-0.1, -0.05) is 30.3 Å². The van der Waals surface area contributed by atoms with Crippen molar-refractivity contribution in [1.29, 1.82) is 0 Å². The molecule has 0 bridgehead atoms. The molecule has 1 amide bonds. The van der Waals surface area contributed by atoms with E-state index in [0.717, 1.165) is 45.1 Å². The monoisotopic (exact) mass is 313 g/mol. The van der Waals surface area contributed by atoms with E-state index in [9.17, 15) is 4.79 Å². The molecule has 23 heavy (non-hydrogen) atoms. The van der Waals surface area contributed by atoms with Crippen molar-refractivity contribution >= 4 is 5.91 Å². The lowest BCUT2D eigenvalue weighted by molar-refractivity contribution is -0.144. The Hall–Kier alpha value is -2.05. The average Bonchev–Trinajstić information content (AvgIpc) is 3.07. The van der Waals surface area contributed by atoms with Crippen molar-refractivity contribution < 1.29 is 4.79 Å². The minimum atomic E-state index is 0.144. The molecule has 1 aromatic rings. The summed E-state index contributed by atoms with van der Waals surface area (Å²) in [6.45, 7) is 6.31. The van der Waals surface area contributed by atoms with Gasteiger partial charge in [0.1, 0.15) is 12.4 Å². The number of benzene rings is 1. The number of hydrogen-bond donors (Lipinski definition) is 0. The molecule has 0 unspecified atom stereocenters. The second kappa shape index (κ2) is 5.86. The van der Waals surface area contributed by atoms with E-state index >= 15 is 0 Å². The number of piperazine rings is 1. The minimum Gasteiger partial charge on any atom is -0.361 e. The van der Waals surface area contributed by atoms with Crippen LogP contribution in [0.25, 0.3) is 0 Å². The highest BCUT2D eigenvalue weighted by molar-refractivity contribution is 5.94. The molecule has 0 radical (unpaired) electrons. The molecule has 2 fully saturated rings. The molecule has 3 aliphatic heterocycles. The zero-order valence-electron chi connectivity index (χ0n) is 13.6. The fourth-order valence-electron chi connectivity index (χ4n) is 3.54. The molecule has 0 N–H and O–H groups in total. The van der Waals surface area contributed by atoms with Gasteiger partial charge < -0.3 is 9.80 Å². The number of hydrazine groups is 1. The number of fused-ring (bicyclic) bond motifs is 1. The number of rotatable bonds is 3. The van der Waals surface area contributed by atoms with Crippen LogP contribution in [0, 0.1) is 0 Å². The first-order valence-corrected chi connectivity index (χ1v) is 8.21. The second-order valence-corrected chi connectivity index (χ2v) is 6.51. The Kier molecular flexibility index (Phi) is 3.71. The first-order valence-electron chi connectivity index (χ1n) is 8.21. The topological polar surface area (TPSA) is 33.3 Å². The zero-order valence-corrected chi connectivity index (χ0v) is 13.6. The maximum absolute atomic E-state index is 12.5. The molecule has 0 saturated carbocycles. The summed E-state index contributed by atoms with van der Waals surface area (Å²) in [6, 6.07) is 10.6. The van der Waals surface area contributed by atoms with E-state index < -0.39 is 0 Å². The normalized spacial score (nSPS) is 22.7. The van der Waals surface area contributed by atoms with Gasteiger partial charge in [-0.2, -0.15) is 0 Å². The van der Waals surface area contributed by atoms with Gasteiger partial charge in [0.05, 0.1) is 6.67 Å². The number of hydrogen-bond acceptors (Lipinski definition) is 5. The quantitative estimate of drug-likeness (QED) is 0.815. The summed E-state index contributed by atoms with van der Waals surface area (Å²) in [5.41, 5.74) is 2.19. The minimum absolute atomic E-state index is 0.144. The van der Waals surface area contributed by atoms with Gasteiger partial charge in [-0.15, -0.1) is 0 Å². The number of carbonyl (C=O) groups is 1. The van der Waals surface area contributed by atoms with Crippen LogP contribution in [0.15, 0.2) is 42.2 Å². The van der Waals surface area contributed by atoms with Crippen LogP contribution in [-0.4, -0.2) is 77.2 Å². The van der Waals surface area contributed by atoms with E-state index in [-0.39, 0.29) is 5.91 Å². The van der Waals surface area contributed by atoms with E-state index in [1.54, 1.807) is 0 Å². The van der Waals surface area contributed by atoms with Crippen molar-refractivity contribution in [3.8, 4) is 0 Å². The SMILES string of the molecule is CN1C=C2C(=O)N(N3CCN(Cc4ccccc4)CC3)CN2C1. The Bertz CT molecular complexity index is 609. The smallest absolute Gasteiger partial charge is 0.287 e. The Morgan fingerprint density at radius 2 is 1.74 bits per heavy atom. The van der Waals surface area contributed by atoms with Crippen LogP contribution in [0.5, 0.6) is 0 Å². The van der Waals surface area contributed by atoms with Crippen LogP contribution in [0.2, 0.25) is 0 Å². The van der Waals surface area contributed by atoms with Gasteiger partial charge in [0.2, 0.25) is 0 Å². The number of carbonyl (C=O) groups excluding carboxylic acids is 1. The van der Waals surface area contributed by atoms with Gasteiger partial charge in [-0.05, 0) is 5.56 Å². The number of nitrogens with zero attached hydrogens (tertiary/aromatic N) is 5. The van der Waals surface area contributed by atoms with Crippen LogP contribution in [-0.2, 0) is 11.3 Å². The van der Waals surface area contributed by atoms with E-state index in [0.29, 0.717) is 6.67 Å². The lowest BCUT2D eigenvalue weighted by atomic mass is 10.2. The van der Waals surface area contributed by atoms with Crippen molar-refractivity contribution in [2.24, 2.45) is 0 Å². The van der Waals surface area contributed by atoms with Crippen molar-refractivity contribution in [2.75, 3.05) is 46.6 Å². The summed E-state index contributed by atoms with van der Waals surface area (Å²) in [5, 5.41) is 4.13. The molecule has 1 aromatic carbocycles. The van der Waals surface area contributed by atoms with Crippen molar-refractivity contribution in [3.05, 3.63) is 47.8 Å². The van der Waals surface area contributed by atoms with Crippen LogP contribution < -0.4 is 0 Å². The maximum atomic E-state index is 12.5. The largest absolute Gasteiger partial charge is 0.361 e. The predicted octanol–water partition coefficient (Wildman–Crippen LogP) is 0.565. The standard InChI is InChI=1S/C17H23N5O/c1-18-12-16-17(23)22(14-20(16)13-18)21-9-7-19(8-10-21)11-15-5-3-2-4-6-15/h2-6,12H,7-11,13-14H2,1H3. The Morgan fingerprint density at radius 1 is 1.00 bits per heavy atom. The number of amides is 1. The summed E-state index contributed by atoms with van der Waals surface area (Å²) < 4.78 is 0. The molecule has 4 rings (SSSR count). The third kappa shape index (κ3) is 2.80. The Balaban J connectivity index is 1.34. The van der Waals surface area contributed by atoms with Gasteiger partial charge >= 0.3 is 0 Å². The van der Waals surface area contributed by atoms with Crippen molar-refractivity contribution in [2.45, 2.75) is 6.54 Å². The van der Waals surface area contributed by atoms with E-state index in [1.807, 2.05) is 18.3 Å². The first-order chi connectivity index (χ1) is 11.2. The van der Waals surface area contributed by atoms with E-state index in [2.05, 4.69) is 50.0 Å². The Morgan fingerprint density at radius 3 is 2.43 bits per heavy atom. The average molecular weight is 313 g/mol. The lowest BCUT2D eigenvalue weighted by Gasteiger charge is -2.39. The fourth-order valence-corrected chi connectivity index (χ4v) is 3.54. The van der Waals surface area contributed by atoms with Crippen molar-refractivity contribution in [3.63, 3.8) is 0 Å². The van der Waals surface area contributed by atoms with Crippen LogP contribution in [0.1, 0.15) is 5.56 Å². The van der Waals surface area contributed by atoms with Gasteiger partial charge in [0, 0.05) is 46.0 Å². The Labute approximate surface area is 137 Å². The van der Waals surface area contributed by atoms with E-state index in [4.69, 9.17) is 0 Å². The highest BCUT2D eigenvalue weighted by Crippen LogP contribution is 2.25. The molecule has 6 heteroatoms. The first kappa shape index (κ1) is 14.5. The third-order valence-electron chi connectivity index (χ3n) is 4.77. The molecule has 0 spiro atoms. The van der Waals surface area contributed by atoms with Gasteiger partial charge in [-0.3, -0.25) is 9.69 Å². The molecule has 3 aliphatic rings. The van der Waals surface area contributed by atoms with Crippen LogP contribution in [0.3, 0.4) is 0 Å². The predicted molar refractivity (Wildman–Crippen MR) is 87.6 cm³/mol. The lowest BCUT2D eigenvalue weighted by Crippen LogP contribution is -2.54. The molecule has 0 aliphatic carbocycles. The van der Waals surface area contributed by atoms with Crippen LogP contribution in [0.4, 0.5) is 0 Å². The highest BCUT2D eigenvalue weighted by Gasteiger charge is 2.40. The van der Waals surface area contributed by atoms with Crippen LogP contribution >= 0.6 is 0 Å². The van der Waals surface area contributed by atoms with Gasteiger partial charge in [0.15, 0.2) is 0 Å². The zero-order chi connectivity index (χ0) is 15.8. The highest BCUT2D eigenvalue weighted by atomic mass is 16.2. The second-order valence-electron chi connectivity index (χ2n) is 6.51. The molecule has 6 nitrogen and oxygen atoms in total. The molecular weight excluding hydrogens is 290 g/mol. The summed E-state index contributed by atoms with van der Waals surface area (Å²) in [4.78, 5) is 19.2. The van der Waals surface area contributed by atoms with Gasteiger partial charge in [0.25, 0.3) is 5.91 Å². The molecular formula is C17H23N5O. The van der Waals surface area contributed by atoms with Crippen molar-refractivity contribution in [1.82, 2.24) is 24.7 Å². The summed E-state index contributed by atoms with van der Waals surface area (Å²) in [7, 11) is 2.01. The van der Waals surface area contributed by atoms with E-state index in [1.165, 1.54) is 5.56 Å². The summed E-state index contributed by atoms with van der Waals surface area (Å²) >= 11 is 0. The summed E-state index contributed by atoms with van der Waals surface area (Å²) in [5.74, 6) is 0.144. The molecule has 2 saturated heterocycles. The molecule has 122 valence electrons. The molecule has 0 aromatic heterocycles. The summed E-state index contributed by atoms with van der Waals surface area (Å²) in [6.07, 6.45) is 1.95.